The topological polar surface area (TPSA) is 18.5 Å². The number of ether oxygens (including phenoxy) is 2. The van der Waals surface area contributed by atoms with E-state index in [2.05, 4.69) is 20.8 Å². The molecule has 0 radical (unpaired) electrons. The maximum absolute atomic E-state index is 5.97. The maximum atomic E-state index is 5.97. The van der Waals surface area contributed by atoms with E-state index in [1.807, 2.05) is 24.3 Å². The molecule has 0 heterocycles. The van der Waals surface area contributed by atoms with E-state index >= 15 is 0 Å². The molecule has 2 rings (SSSR count). The average molecular weight is 234 g/mol. The van der Waals surface area contributed by atoms with Crippen LogP contribution in [0.4, 0.5) is 0 Å². The molecule has 2 heteroatoms. The predicted octanol–water partition coefficient (Wildman–Crippen LogP) is 3.90. The fraction of sp³-hybridized carbons (Fsp3) is 0.600. The van der Waals surface area contributed by atoms with E-state index in [-0.39, 0.29) is 0 Å². The number of methoxy groups -OCH3 is 1. The molecule has 0 bridgehead atoms. The Labute approximate surface area is 104 Å². The van der Waals surface area contributed by atoms with Crippen LogP contribution in [0.25, 0.3) is 0 Å². The van der Waals surface area contributed by atoms with Crippen molar-refractivity contribution in [1.82, 2.24) is 0 Å². The third-order valence-electron chi connectivity index (χ3n) is 3.68. The summed E-state index contributed by atoms with van der Waals surface area (Å²) in [5.74, 6) is 2.47. The van der Waals surface area contributed by atoms with E-state index in [0.717, 1.165) is 30.3 Å². The molecule has 94 valence electrons. The zero-order valence-electron chi connectivity index (χ0n) is 11.2. The van der Waals surface area contributed by atoms with Crippen molar-refractivity contribution >= 4 is 0 Å². The summed E-state index contributed by atoms with van der Waals surface area (Å²) >= 11 is 0. The smallest absolute Gasteiger partial charge is 0.161 e. The summed E-state index contributed by atoms with van der Waals surface area (Å²) in [6.07, 6.45) is 2.67. The second kappa shape index (κ2) is 4.59. The lowest BCUT2D eigenvalue weighted by molar-refractivity contribution is 0.00602. The minimum absolute atomic E-state index is 0.357. The molecular weight excluding hydrogens is 212 g/mol. The van der Waals surface area contributed by atoms with Gasteiger partial charge in [0.15, 0.2) is 11.5 Å². The summed E-state index contributed by atoms with van der Waals surface area (Å²) in [6.45, 7) is 6.91. The molecule has 0 amide bonds. The van der Waals surface area contributed by atoms with Crippen molar-refractivity contribution in [2.24, 2.45) is 11.3 Å². The van der Waals surface area contributed by atoms with Crippen LogP contribution >= 0.6 is 0 Å². The molecular formula is C15H22O2. The van der Waals surface area contributed by atoms with Gasteiger partial charge in [0.1, 0.15) is 0 Å². The molecule has 17 heavy (non-hydrogen) atoms. The monoisotopic (exact) mass is 234 g/mol. The molecule has 0 saturated heterocycles. The number of benzene rings is 1. The van der Waals surface area contributed by atoms with Gasteiger partial charge in [-0.05, 0) is 36.3 Å². The van der Waals surface area contributed by atoms with Gasteiger partial charge in [-0.25, -0.2) is 0 Å². The first-order chi connectivity index (χ1) is 8.00. The minimum Gasteiger partial charge on any atom is -0.493 e. The normalized spacial score (nSPS) is 24.0. The third-order valence-corrected chi connectivity index (χ3v) is 3.68. The summed E-state index contributed by atoms with van der Waals surface area (Å²) in [5, 5.41) is 0. The molecule has 1 fully saturated rings. The fourth-order valence-electron chi connectivity index (χ4n) is 2.26. The Bertz CT molecular complexity index is 373. The molecule has 0 atom stereocenters. The van der Waals surface area contributed by atoms with Crippen molar-refractivity contribution in [1.29, 1.82) is 0 Å². The van der Waals surface area contributed by atoms with Gasteiger partial charge in [0.25, 0.3) is 0 Å². The quantitative estimate of drug-likeness (QED) is 0.789. The Kier molecular flexibility index (Phi) is 3.32. The van der Waals surface area contributed by atoms with Crippen molar-refractivity contribution in [3.05, 3.63) is 24.3 Å². The summed E-state index contributed by atoms with van der Waals surface area (Å²) in [4.78, 5) is 0. The first-order valence-corrected chi connectivity index (χ1v) is 6.30. The Morgan fingerprint density at radius 3 is 2.18 bits per heavy atom. The molecule has 2 nitrogen and oxygen atoms in total. The van der Waals surface area contributed by atoms with Crippen LogP contribution < -0.4 is 9.47 Å². The first-order valence-electron chi connectivity index (χ1n) is 6.30. The van der Waals surface area contributed by atoms with Crippen LogP contribution in [0.2, 0.25) is 0 Å². The predicted molar refractivity (Wildman–Crippen MR) is 69.6 cm³/mol. The summed E-state index contributed by atoms with van der Waals surface area (Å²) < 4.78 is 11.3. The van der Waals surface area contributed by atoms with Gasteiger partial charge in [0.05, 0.1) is 13.2 Å². The van der Waals surface area contributed by atoms with Crippen LogP contribution in [0.15, 0.2) is 24.3 Å². The summed E-state index contributed by atoms with van der Waals surface area (Å²) in [7, 11) is 1.68. The SMILES string of the molecule is COc1ccccc1OC1CC(C(C)(C)C)C1. The maximum Gasteiger partial charge on any atom is 0.161 e. The lowest BCUT2D eigenvalue weighted by Crippen LogP contribution is -2.40. The molecule has 1 aliphatic rings. The standard InChI is InChI=1S/C15H22O2/c1-15(2,3)11-9-12(10-11)17-14-8-6-5-7-13(14)16-4/h5-8,11-12H,9-10H2,1-4H3. The van der Waals surface area contributed by atoms with Crippen LogP contribution in [0, 0.1) is 11.3 Å². The number of hydrogen-bond acceptors (Lipinski definition) is 2. The van der Waals surface area contributed by atoms with Crippen LogP contribution in [-0.4, -0.2) is 13.2 Å². The van der Waals surface area contributed by atoms with Gasteiger partial charge in [-0.1, -0.05) is 32.9 Å². The highest BCUT2D eigenvalue weighted by Crippen LogP contribution is 2.43. The van der Waals surface area contributed by atoms with E-state index in [1.165, 1.54) is 0 Å². The van der Waals surface area contributed by atoms with Crippen molar-refractivity contribution in [2.75, 3.05) is 7.11 Å². The highest BCUT2D eigenvalue weighted by molar-refractivity contribution is 5.39. The van der Waals surface area contributed by atoms with Crippen molar-refractivity contribution in [2.45, 2.75) is 39.7 Å². The Balaban J connectivity index is 1.92. The second-order valence-corrected chi connectivity index (χ2v) is 5.93. The average Bonchev–Trinajstić information content (AvgIpc) is 2.21. The molecule has 0 aromatic heterocycles. The molecule has 1 aromatic carbocycles. The molecule has 0 N–H and O–H groups in total. The molecule has 0 unspecified atom stereocenters. The molecule has 1 aromatic rings. The largest absolute Gasteiger partial charge is 0.493 e. The van der Waals surface area contributed by atoms with Crippen LogP contribution in [0.5, 0.6) is 11.5 Å². The zero-order valence-corrected chi connectivity index (χ0v) is 11.2. The summed E-state index contributed by atoms with van der Waals surface area (Å²) in [5.41, 5.74) is 0.403. The molecule has 1 aliphatic carbocycles. The second-order valence-electron chi connectivity index (χ2n) is 5.93. The van der Waals surface area contributed by atoms with E-state index in [9.17, 15) is 0 Å². The zero-order chi connectivity index (χ0) is 12.5. The Morgan fingerprint density at radius 1 is 1.06 bits per heavy atom. The Hall–Kier alpha value is -1.18. The first kappa shape index (κ1) is 12.3. The van der Waals surface area contributed by atoms with Crippen molar-refractivity contribution in [3.8, 4) is 11.5 Å². The highest BCUT2D eigenvalue weighted by Gasteiger charge is 2.38. The van der Waals surface area contributed by atoms with Gasteiger partial charge >= 0.3 is 0 Å². The number of hydrogen-bond donors (Lipinski definition) is 0. The molecule has 0 spiro atoms. The lowest BCUT2D eigenvalue weighted by Gasteiger charge is -2.43. The van der Waals surface area contributed by atoms with Gasteiger partial charge in [-0.3, -0.25) is 0 Å². The van der Waals surface area contributed by atoms with Gasteiger partial charge in [0, 0.05) is 0 Å². The molecule has 0 aliphatic heterocycles. The molecule has 1 saturated carbocycles. The van der Waals surface area contributed by atoms with E-state index in [0.29, 0.717) is 11.5 Å². The van der Waals surface area contributed by atoms with Crippen molar-refractivity contribution < 1.29 is 9.47 Å². The van der Waals surface area contributed by atoms with Crippen molar-refractivity contribution in [3.63, 3.8) is 0 Å². The van der Waals surface area contributed by atoms with E-state index < -0.39 is 0 Å². The van der Waals surface area contributed by atoms with E-state index in [4.69, 9.17) is 9.47 Å². The van der Waals surface area contributed by atoms with Crippen LogP contribution in [0.1, 0.15) is 33.6 Å². The third kappa shape index (κ3) is 2.74. The van der Waals surface area contributed by atoms with Gasteiger partial charge in [-0.2, -0.15) is 0 Å². The number of para-hydroxylation sites is 2. The Morgan fingerprint density at radius 2 is 1.65 bits per heavy atom. The van der Waals surface area contributed by atoms with Gasteiger partial charge in [-0.15, -0.1) is 0 Å². The summed E-state index contributed by atoms with van der Waals surface area (Å²) in [6, 6.07) is 7.86. The number of rotatable bonds is 3. The van der Waals surface area contributed by atoms with Gasteiger partial charge < -0.3 is 9.47 Å². The van der Waals surface area contributed by atoms with Gasteiger partial charge in [0.2, 0.25) is 0 Å². The lowest BCUT2D eigenvalue weighted by atomic mass is 9.67. The minimum atomic E-state index is 0.357. The fourth-order valence-corrected chi connectivity index (χ4v) is 2.26. The van der Waals surface area contributed by atoms with Crippen LogP contribution in [0.3, 0.4) is 0 Å². The van der Waals surface area contributed by atoms with Crippen LogP contribution in [-0.2, 0) is 0 Å². The highest BCUT2D eigenvalue weighted by atomic mass is 16.5. The van der Waals surface area contributed by atoms with E-state index in [1.54, 1.807) is 7.11 Å².